The Morgan fingerprint density at radius 3 is 2.36 bits per heavy atom. The van der Waals surface area contributed by atoms with Gasteiger partial charge in [-0.05, 0) is 71.3 Å². The summed E-state index contributed by atoms with van der Waals surface area (Å²) in [4.78, 5) is 28.8. The molecule has 1 aliphatic heterocycles. The van der Waals surface area contributed by atoms with Crippen molar-refractivity contribution in [1.82, 2.24) is 20.4 Å². The summed E-state index contributed by atoms with van der Waals surface area (Å²) in [6.07, 6.45) is 9.87. The number of amides is 3. The number of nitrogens with zero attached hydrogens (tertiary/aromatic N) is 2. The van der Waals surface area contributed by atoms with Gasteiger partial charge in [0, 0.05) is 12.0 Å². The summed E-state index contributed by atoms with van der Waals surface area (Å²) >= 11 is 0. The van der Waals surface area contributed by atoms with E-state index in [0.29, 0.717) is 18.8 Å². The van der Waals surface area contributed by atoms with Crippen molar-refractivity contribution in [2.24, 2.45) is 0 Å². The molecule has 0 unspecified atom stereocenters. The molecule has 36 heavy (non-hydrogen) atoms. The van der Waals surface area contributed by atoms with Gasteiger partial charge in [-0.25, -0.2) is 14.8 Å². The van der Waals surface area contributed by atoms with E-state index in [0.717, 1.165) is 36.1 Å². The number of aliphatic hydroxyl groups is 1. The number of hydrogen-bond acceptors (Lipinski definition) is 4. The minimum absolute atomic E-state index is 0.0422. The highest BCUT2D eigenvalue weighted by Crippen LogP contribution is 2.60. The fourth-order valence-corrected chi connectivity index (χ4v) is 7.57. The SMILES string of the molecule is CC(C)(O)C[C@@H](NC(=O)N1Cc2c(NC(=O)C3(S(C)(C)C)CCC3)n[nH]c2C1(C)C)c1ccccc1. The fraction of sp³-hybridized carbons (Fsp3) is 0.593. The summed E-state index contributed by atoms with van der Waals surface area (Å²) < 4.78 is -0.315. The maximum Gasteiger partial charge on any atom is 0.318 e. The second-order valence-electron chi connectivity index (χ2n) is 12.1. The smallest absolute Gasteiger partial charge is 0.318 e. The lowest BCUT2D eigenvalue weighted by molar-refractivity contribution is -0.120. The van der Waals surface area contributed by atoms with Crippen LogP contribution in [-0.2, 0) is 16.9 Å². The van der Waals surface area contributed by atoms with Crippen LogP contribution in [0.25, 0.3) is 0 Å². The quantitative estimate of drug-likeness (QED) is 0.431. The van der Waals surface area contributed by atoms with E-state index >= 15 is 0 Å². The molecule has 8 nitrogen and oxygen atoms in total. The van der Waals surface area contributed by atoms with Crippen LogP contribution in [0.3, 0.4) is 0 Å². The Morgan fingerprint density at radius 2 is 1.83 bits per heavy atom. The second kappa shape index (κ2) is 9.10. The number of anilines is 1. The Hall–Kier alpha value is -2.52. The van der Waals surface area contributed by atoms with Gasteiger partial charge in [-0.3, -0.25) is 9.89 Å². The average molecular weight is 516 g/mol. The second-order valence-corrected chi connectivity index (χ2v) is 16.6. The molecule has 1 aliphatic carbocycles. The van der Waals surface area contributed by atoms with E-state index in [2.05, 4.69) is 39.6 Å². The molecule has 0 radical (unpaired) electrons. The van der Waals surface area contributed by atoms with Crippen LogP contribution in [0.5, 0.6) is 0 Å². The Balaban J connectivity index is 1.54. The number of fused-ring (bicyclic) bond motifs is 1. The molecule has 3 amide bonds. The zero-order valence-corrected chi connectivity index (χ0v) is 23.4. The van der Waals surface area contributed by atoms with Crippen LogP contribution in [-0.4, -0.2) is 61.3 Å². The summed E-state index contributed by atoms with van der Waals surface area (Å²) in [5.41, 5.74) is 1.02. The first-order valence-corrected chi connectivity index (χ1v) is 15.4. The largest absolute Gasteiger partial charge is 0.390 e. The van der Waals surface area contributed by atoms with Gasteiger partial charge in [0.15, 0.2) is 5.82 Å². The highest BCUT2D eigenvalue weighted by molar-refractivity contribution is 8.33. The lowest BCUT2D eigenvalue weighted by Crippen LogP contribution is -2.51. The lowest BCUT2D eigenvalue weighted by Gasteiger charge is -2.53. The van der Waals surface area contributed by atoms with Gasteiger partial charge >= 0.3 is 6.03 Å². The molecule has 1 fully saturated rings. The van der Waals surface area contributed by atoms with Crippen LogP contribution in [0.2, 0.25) is 0 Å². The summed E-state index contributed by atoms with van der Waals surface area (Å²) in [5.74, 6) is 0.560. The monoisotopic (exact) mass is 515 g/mol. The summed E-state index contributed by atoms with van der Waals surface area (Å²) in [7, 11) is -1.09. The maximum absolute atomic E-state index is 13.6. The molecule has 2 heterocycles. The minimum Gasteiger partial charge on any atom is -0.390 e. The van der Waals surface area contributed by atoms with Gasteiger partial charge in [-0.2, -0.15) is 5.10 Å². The van der Waals surface area contributed by atoms with E-state index in [1.165, 1.54) is 0 Å². The Labute approximate surface area is 215 Å². The van der Waals surface area contributed by atoms with Crippen molar-refractivity contribution in [3.63, 3.8) is 0 Å². The standard InChI is InChI=1S/C27H41N5O3S/c1-25(2,35)16-20(18-12-9-8-10-13-18)28-24(34)32-17-19-21(26(32,3)4)30-31-22(19)29-23(33)27(14-11-15-27)36(5,6)7/h8-10,12-13,20,35H,11,14-17H2,1-7H3,(H,28,34)(H2,29,30,31,33)/t20-/m1/s1. The van der Waals surface area contributed by atoms with E-state index in [-0.39, 0.29) is 22.7 Å². The van der Waals surface area contributed by atoms with E-state index in [1.807, 2.05) is 44.2 Å². The molecule has 1 aromatic heterocycles. The average Bonchev–Trinajstić information content (AvgIpc) is 3.23. The number of hydrogen-bond donors (Lipinski definition) is 4. The molecule has 2 aliphatic rings. The molecule has 4 N–H and O–H groups in total. The number of benzene rings is 1. The van der Waals surface area contributed by atoms with Gasteiger partial charge in [0.2, 0.25) is 5.91 Å². The predicted octanol–water partition coefficient (Wildman–Crippen LogP) is 4.63. The van der Waals surface area contributed by atoms with Crippen molar-refractivity contribution >= 4 is 27.8 Å². The highest BCUT2D eigenvalue weighted by atomic mass is 32.3. The Kier molecular flexibility index (Phi) is 6.71. The van der Waals surface area contributed by atoms with Crippen LogP contribution in [0.15, 0.2) is 30.3 Å². The number of urea groups is 1. The van der Waals surface area contributed by atoms with Crippen molar-refractivity contribution in [3.8, 4) is 0 Å². The van der Waals surface area contributed by atoms with Crippen LogP contribution in [0.4, 0.5) is 10.6 Å². The van der Waals surface area contributed by atoms with Crippen molar-refractivity contribution in [1.29, 1.82) is 0 Å². The first-order valence-electron chi connectivity index (χ1n) is 12.6. The summed E-state index contributed by atoms with van der Waals surface area (Å²) in [6, 6.07) is 9.13. The van der Waals surface area contributed by atoms with E-state index < -0.39 is 21.2 Å². The molecule has 0 spiro atoms. The zero-order valence-electron chi connectivity index (χ0n) is 22.6. The molecule has 198 valence electrons. The first-order chi connectivity index (χ1) is 16.7. The zero-order chi connectivity index (χ0) is 26.5. The van der Waals surface area contributed by atoms with E-state index in [9.17, 15) is 14.7 Å². The number of aromatic amines is 1. The molecular formula is C27H41N5O3S. The maximum atomic E-state index is 13.6. The van der Waals surface area contributed by atoms with Crippen molar-refractivity contribution in [2.45, 2.75) is 81.9 Å². The van der Waals surface area contributed by atoms with Crippen molar-refractivity contribution < 1.29 is 14.7 Å². The van der Waals surface area contributed by atoms with E-state index in [1.54, 1.807) is 18.7 Å². The molecule has 1 atom stereocenters. The number of carbonyl (C=O) groups is 2. The Bertz CT molecular complexity index is 1130. The highest BCUT2D eigenvalue weighted by Gasteiger charge is 2.51. The van der Waals surface area contributed by atoms with Crippen molar-refractivity contribution in [2.75, 3.05) is 24.1 Å². The third-order valence-corrected chi connectivity index (χ3v) is 10.8. The summed E-state index contributed by atoms with van der Waals surface area (Å²) in [6.45, 7) is 7.77. The minimum atomic E-state index is -1.09. The molecule has 1 saturated carbocycles. The predicted molar refractivity (Wildman–Crippen MR) is 146 cm³/mol. The number of H-pyrrole nitrogens is 1. The molecule has 4 rings (SSSR count). The van der Waals surface area contributed by atoms with Gasteiger partial charge in [0.25, 0.3) is 0 Å². The van der Waals surface area contributed by atoms with Crippen LogP contribution in [0, 0.1) is 0 Å². The normalized spacial score (nSPS) is 19.7. The van der Waals surface area contributed by atoms with Crippen LogP contribution in [0.1, 0.15) is 76.2 Å². The molecule has 9 heteroatoms. The van der Waals surface area contributed by atoms with Crippen molar-refractivity contribution in [3.05, 3.63) is 47.2 Å². The van der Waals surface area contributed by atoms with Gasteiger partial charge in [0.1, 0.15) is 0 Å². The lowest BCUT2D eigenvalue weighted by atomic mass is 9.83. The van der Waals surface area contributed by atoms with E-state index in [4.69, 9.17) is 0 Å². The third kappa shape index (κ3) is 4.75. The molecule has 1 aromatic carbocycles. The molecule has 2 aromatic rings. The summed E-state index contributed by atoms with van der Waals surface area (Å²) in [5, 5.41) is 24.3. The third-order valence-electron chi connectivity index (χ3n) is 7.90. The number of rotatable bonds is 7. The van der Waals surface area contributed by atoms with Crippen LogP contribution < -0.4 is 10.6 Å². The first kappa shape index (κ1) is 26.5. The van der Waals surface area contributed by atoms with Gasteiger partial charge in [0.05, 0.1) is 34.2 Å². The number of nitrogens with one attached hydrogen (secondary N) is 3. The number of carbonyl (C=O) groups excluding carboxylic acids is 2. The molecule has 0 bridgehead atoms. The van der Waals surface area contributed by atoms with Gasteiger partial charge in [-0.15, -0.1) is 0 Å². The molecular weight excluding hydrogens is 474 g/mol. The number of aromatic nitrogens is 2. The van der Waals surface area contributed by atoms with Gasteiger partial charge in [-0.1, -0.05) is 30.3 Å². The van der Waals surface area contributed by atoms with Gasteiger partial charge < -0.3 is 20.6 Å². The molecule has 0 saturated heterocycles. The Morgan fingerprint density at radius 1 is 1.19 bits per heavy atom. The topological polar surface area (TPSA) is 110 Å². The van der Waals surface area contributed by atoms with Crippen LogP contribution >= 0.6 is 10.0 Å². The fourth-order valence-electron chi connectivity index (χ4n) is 5.45.